The number of carbonyl (C=O) groups excluding carboxylic acids is 1. The highest BCUT2D eigenvalue weighted by Crippen LogP contribution is 2.29. The lowest BCUT2D eigenvalue weighted by Gasteiger charge is -2.32. The highest BCUT2D eigenvalue weighted by atomic mass is 35.5. The summed E-state index contributed by atoms with van der Waals surface area (Å²) >= 11 is 12.2. The van der Waals surface area contributed by atoms with Crippen LogP contribution in [-0.2, 0) is 4.79 Å². The normalized spacial score (nSPS) is 15.1. The summed E-state index contributed by atoms with van der Waals surface area (Å²) in [7, 11) is 1.52. The first kappa shape index (κ1) is 17.8. The predicted molar refractivity (Wildman–Crippen MR) is 98.6 cm³/mol. The van der Waals surface area contributed by atoms with Crippen LogP contribution in [0.25, 0.3) is 0 Å². The summed E-state index contributed by atoms with van der Waals surface area (Å²) in [5, 5.41) is 3.86. The van der Waals surface area contributed by atoms with E-state index in [0.29, 0.717) is 21.6 Å². The Hall–Kier alpha value is -2.05. The highest BCUT2D eigenvalue weighted by molar-refractivity contribution is 6.33. The molecule has 0 atom stereocenters. The SMILES string of the molecule is COc1cnc(NC(=O)C2CCN(c3ncccc3Cl)CC2)cc1Cl. The molecule has 1 aliphatic rings. The van der Waals surface area contributed by atoms with Crippen molar-refractivity contribution < 1.29 is 9.53 Å². The van der Waals surface area contributed by atoms with Gasteiger partial charge in [-0.05, 0) is 25.0 Å². The van der Waals surface area contributed by atoms with Crippen LogP contribution < -0.4 is 15.0 Å². The van der Waals surface area contributed by atoms with E-state index in [1.165, 1.54) is 13.3 Å². The number of aromatic nitrogens is 2. The molecule has 132 valence electrons. The van der Waals surface area contributed by atoms with Crippen molar-refractivity contribution in [2.75, 3.05) is 30.4 Å². The van der Waals surface area contributed by atoms with Crippen LogP contribution in [0.2, 0.25) is 10.0 Å². The van der Waals surface area contributed by atoms with Crippen LogP contribution in [0, 0.1) is 5.92 Å². The van der Waals surface area contributed by atoms with Crippen molar-refractivity contribution >= 4 is 40.7 Å². The fourth-order valence-corrected chi connectivity index (χ4v) is 3.30. The van der Waals surface area contributed by atoms with E-state index in [9.17, 15) is 4.79 Å². The molecule has 0 radical (unpaired) electrons. The van der Waals surface area contributed by atoms with Gasteiger partial charge in [-0.25, -0.2) is 9.97 Å². The number of anilines is 2. The Labute approximate surface area is 156 Å². The smallest absolute Gasteiger partial charge is 0.228 e. The van der Waals surface area contributed by atoms with Crippen molar-refractivity contribution in [2.24, 2.45) is 5.92 Å². The Kier molecular flexibility index (Phi) is 5.60. The summed E-state index contributed by atoms with van der Waals surface area (Å²) in [5.74, 6) is 1.53. The molecule has 0 aromatic carbocycles. The molecule has 1 N–H and O–H groups in total. The summed E-state index contributed by atoms with van der Waals surface area (Å²) in [5.41, 5.74) is 0. The third kappa shape index (κ3) is 4.14. The van der Waals surface area contributed by atoms with Gasteiger partial charge in [0.2, 0.25) is 5.91 Å². The van der Waals surface area contributed by atoms with Crippen molar-refractivity contribution in [2.45, 2.75) is 12.8 Å². The molecule has 0 aliphatic carbocycles. The maximum atomic E-state index is 12.5. The van der Waals surface area contributed by atoms with E-state index in [4.69, 9.17) is 27.9 Å². The Morgan fingerprint density at radius 2 is 2.04 bits per heavy atom. The fourth-order valence-electron chi connectivity index (χ4n) is 2.83. The molecule has 1 saturated heterocycles. The van der Waals surface area contributed by atoms with Crippen molar-refractivity contribution in [1.29, 1.82) is 0 Å². The van der Waals surface area contributed by atoms with E-state index < -0.39 is 0 Å². The number of amides is 1. The van der Waals surface area contributed by atoms with Gasteiger partial charge in [-0.15, -0.1) is 0 Å². The lowest BCUT2D eigenvalue weighted by atomic mass is 9.96. The molecule has 0 saturated carbocycles. The Balaban J connectivity index is 1.58. The zero-order valence-electron chi connectivity index (χ0n) is 13.7. The molecule has 0 bridgehead atoms. The molecule has 2 aromatic heterocycles. The van der Waals surface area contributed by atoms with E-state index in [-0.39, 0.29) is 11.8 Å². The number of ether oxygens (including phenoxy) is 1. The van der Waals surface area contributed by atoms with Crippen molar-refractivity contribution in [3.05, 3.63) is 40.6 Å². The molecule has 6 nitrogen and oxygen atoms in total. The molecule has 3 heterocycles. The molecule has 25 heavy (non-hydrogen) atoms. The lowest BCUT2D eigenvalue weighted by Crippen LogP contribution is -2.38. The van der Waals surface area contributed by atoms with Crippen LogP contribution in [0.4, 0.5) is 11.6 Å². The molecule has 0 spiro atoms. The predicted octanol–water partition coefficient (Wildman–Crippen LogP) is 3.65. The average molecular weight is 381 g/mol. The van der Waals surface area contributed by atoms with Crippen LogP contribution in [0.3, 0.4) is 0 Å². The van der Waals surface area contributed by atoms with Gasteiger partial charge in [0.25, 0.3) is 0 Å². The second-order valence-corrected chi connectivity index (χ2v) is 6.58. The van der Waals surface area contributed by atoms with Crippen LogP contribution in [0.5, 0.6) is 5.75 Å². The Morgan fingerprint density at radius 1 is 1.28 bits per heavy atom. The van der Waals surface area contributed by atoms with E-state index in [1.807, 2.05) is 6.07 Å². The summed E-state index contributed by atoms with van der Waals surface area (Å²) in [4.78, 5) is 23.0. The van der Waals surface area contributed by atoms with E-state index >= 15 is 0 Å². The number of halogens is 2. The fraction of sp³-hybridized carbons (Fsp3) is 0.353. The summed E-state index contributed by atoms with van der Waals surface area (Å²) in [6.07, 6.45) is 4.66. The number of pyridine rings is 2. The summed E-state index contributed by atoms with van der Waals surface area (Å²) in [6, 6.07) is 5.21. The third-order valence-corrected chi connectivity index (χ3v) is 4.79. The summed E-state index contributed by atoms with van der Waals surface area (Å²) in [6.45, 7) is 1.46. The van der Waals surface area contributed by atoms with E-state index in [1.54, 1.807) is 18.3 Å². The Morgan fingerprint density at radius 3 is 2.68 bits per heavy atom. The van der Waals surface area contributed by atoms with Crippen molar-refractivity contribution in [3.63, 3.8) is 0 Å². The van der Waals surface area contributed by atoms with Crippen molar-refractivity contribution in [3.8, 4) is 5.75 Å². The molecule has 0 unspecified atom stereocenters. The summed E-state index contributed by atoms with van der Waals surface area (Å²) < 4.78 is 5.06. The molecule has 1 fully saturated rings. The quantitative estimate of drug-likeness (QED) is 0.876. The largest absolute Gasteiger partial charge is 0.494 e. The average Bonchev–Trinajstić information content (AvgIpc) is 2.62. The molecular weight excluding hydrogens is 363 g/mol. The number of nitrogens with zero attached hydrogens (tertiary/aromatic N) is 3. The third-order valence-electron chi connectivity index (χ3n) is 4.20. The minimum atomic E-state index is -0.0820. The molecule has 2 aromatic rings. The molecule has 1 aliphatic heterocycles. The second kappa shape index (κ2) is 7.89. The first-order valence-corrected chi connectivity index (χ1v) is 8.70. The van der Waals surface area contributed by atoms with Gasteiger partial charge >= 0.3 is 0 Å². The van der Waals surface area contributed by atoms with E-state index in [0.717, 1.165) is 31.7 Å². The maximum absolute atomic E-state index is 12.5. The first-order valence-electron chi connectivity index (χ1n) is 7.94. The zero-order chi connectivity index (χ0) is 17.8. The minimum absolute atomic E-state index is 0.0551. The Bertz CT molecular complexity index is 764. The van der Waals surface area contributed by atoms with Crippen molar-refractivity contribution in [1.82, 2.24) is 9.97 Å². The van der Waals surface area contributed by atoms with Gasteiger partial charge in [0.05, 0.1) is 23.4 Å². The van der Waals surface area contributed by atoms with E-state index in [2.05, 4.69) is 20.2 Å². The monoisotopic (exact) mass is 380 g/mol. The topological polar surface area (TPSA) is 67.3 Å². The maximum Gasteiger partial charge on any atom is 0.228 e. The first-order chi connectivity index (χ1) is 12.1. The number of rotatable bonds is 4. The lowest BCUT2D eigenvalue weighted by molar-refractivity contribution is -0.120. The molecule has 3 rings (SSSR count). The number of hydrogen-bond donors (Lipinski definition) is 1. The molecule has 8 heteroatoms. The van der Waals surface area contributed by atoms with Gasteiger partial charge in [-0.2, -0.15) is 0 Å². The second-order valence-electron chi connectivity index (χ2n) is 5.76. The number of nitrogens with one attached hydrogen (secondary N) is 1. The number of hydrogen-bond acceptors (Lipinski definition) is 5. The van der Waals surface area contributed by atoms with Crippen LogP contribution in [0.1, 0.15) is 12.8 Å². The van der Waals surface area contributed by atoms with Crippen LogP contribution in [-0.4, -0.2) is 36.1 Å². The van der Waals surface area contributed by atoms with Gasteiger partial charge in [0, 0.05) is 31.3 Å². The molecular formula is C17H18Cl2N4O2. The number of carbonyl (C=O) groups is 1. The number of methoxy groups -OCH3 is 1. The number of piperidine rings is 1. The van der Waals surface area contributed by atoms with Gasteiger partial charge in [0.1, 0.15) is 11.6 Å². The highest BCUT2D eigenvalue weighted by Gasteiger charge is 2.26. The van der Waals surface area contributed by atoms with Gasteiger partial charge in [0.15, 0.2) is 5.75 Å². The standard InChI is InChI=1S/C17H18Cl2N4O2/c1-25-14-10-21-15(9-13(14)19)22-17(24)11-4-7-23(8-5-11)16-12(18)3-2-6-20-16/h2-3,6,9-11H,4-5,7-8H2,1H3,(H,21,22,24). The van der Waals surface area contributed by atoms with Gasteiger partial charge in [-0.1, -0.05) is 23.2 Å². The van der Waals surface area contributed by atoms with Gasteiger partial charge < -0.3 is 15.0 Å². The zero-order valence-corrected chi connectivity index (χ0v) is 15.2. The minimum Gasteiger partial charge on any atom is -0.494 e. The van der Waals surface area contributed by atoms with Gasteiger partial charge in [-0.3, -0.25) is 4.79 Å². The molecule has 1 amide bonds. The van der Waals surface area contributed by atoms with Crippen LogP contribution in [0.15, 0.2) is 30.6 Å². The van der Waals surface area contributed by atoms with Crippen LogP contribution >= 0.6 is 23.2 Å².